The van der Waals surface area contributed by atoms with Gasteiger partial charge >= 0.3 is 0 Å². The minimum atomic E-state index is -1.15. The van der Waals surface area contributed by atoms with E-state index in [0.29, 0.717) is 43.8 Å². The zero-order valence-corrected chi connectivity index (χ0v) is 25.0. The lowest BCUT2D eigenvalue weighted by atomic mass is 9.73. The highest BCUT2D eigenvalue weighted by molar-refractivity contribution is 7.98. The minimum Gasteiger partial charge on any atom is -0.379 e. The maximum absolute atomic E-state index is 14.2. The highest BCUT2D eigenvalue weighted by Crippen LogP contribution is 2.55. The van der Waals surface area contributed by atoms with Crippen LogP contribution in [0.3, 0.4) is 0 Å². The van der Waals surface area contributed by atoms with Gasteiger partial charge in [-0.05, 0) is 42.7 Å². The monoisotopic (exact) mass is 582 g/mol. The van der Waals surface area contributed by atoms with Gasteiger partial charge in [0.2, 0.25) is 17.7 Å². The second-order valence-corrected chi connectivity index (χ2v) is 13.2. The molecule has 1 spiro atoms. The lowest BCUT2D eigenvalue weighted by molar-refractivity contribution is -0.142. The first-order valence-electron chi connectivity index (χ1n) is 15.1. The first-order chi connectivity index (χ1) is 19.8. The van der Waals surface area contributed by atoms with Gasteiger partial charge in [-0.25, -0.2) is 0 Å². The third-order valence-electron chi connectivity index (χ3n) is 10.1. The van der Waals surface area contributed by atoms with E-state index in [-0.39, 0.29) is 23.8 Å². The number of anilines is 1. The summed E-state index contributed by atoms with van der Waals surface area (Å²) in [5, 5.41) is 6.37. The van der Waals surface area contributed by atoms with Crippen molar-refractivity contribution in [1.82, 2.24) is 15.1 Å². The first-order valence-corrected chi connectivity index (χ1v) is 16.3. The molecule has 0 aromatic heterocycles. The third-order valence-corrected chi connectivity index (χ3v) is 10.8. The summed E-state index contributed by atoms with van der Waals surface area (Å²) in [5.74, 6) is -1.17. The van der Waals surface area contributed by atoms with E-state index < -0.39 is 29.6 Å². The van der Waals surface area contributed by atoms with Crippen LogP contribution in [0.1, 0.15) is 33.1 Å². The van der Waals surface area contributed by atoms with Gasteiger partial charge in [0.1, 0.15) is 11.6 Å². The Morgan fingerprint density at radius 3 is 2.71 bits per heavy atom. The molecule has 5 aliphatic rings. The molecule has 3 amide bonds. The molecule has 41 heavy (non-hydrogen) atoms. The number of rotatable bonds is 8. The molecule has 1 aromatic rings. The lowest BCUT2D eigenvalue weighted by Crippen LogP contribution is -2.58. The molecule has 4 aliphatic heterocycles. The Balaban J connectivity index is 1.27. The van der Waals surface area contributed by atoms with Crippen molar-refractivity contribution < 1.29 is 23.9 Å². The van der Waals surface area contributed by atoms with E-state index in [1.165, 1.54) is 0 Å². The Kier molecular flexibility index (Phi) is 8.19. The molecule has 8 atom stereocenters. The van der Waals surface area contributed by atoms with Crippen molar-refractivity contribution in [3.05, 3.63) is 36.4 Å². The number of carbonyl (C=O) groups is 3. The van der Waals surface area contributed by atoms with Crippen LogP contribution in [-0.2, 0) is 23.9 Å². The number of benzene rings is 1. The van der Waals surface area contributed by atoms with E-state index in [0.717, 1.165) is 37.2 Å². The predicted molar refractivity (Wildman–Crippen MR) is 157 cm³/mol. The van der Waals surface area contributed by atoms with Crippen molar-refractivity contribution in [2.24, 2.45) is 23.7 Å². The number of fused-ring (bicyclic) bond motifs is 1. The van der Waals surface area contributed by atoms with Crippen LogP contribution < -0.4 is 10.6 Å². The fourth-order valence-corrected chi connectivity index (χ4v) is 8.02. The van der Waals surface area contributed by atoms with Crippen LogP contribution in [0.5, 0.6) is 0 Å². The highest BCUT2D eigenvalue weighted by atomic mass is 32.2. The Morgan fingerprint density at radius 2 is 1.93 bits per heavy atom. The average molecular weight is 583 g/mol. The van der Waals surface area contributed by atoms with Crippen molar-refractivity contribution in [1.29, 1.82) is 0 Å². The van der Waals surface area contributed by atoms with Crippen molar-refractivity contribution in [3.63, 3.8) is 0 Å². The number of nitrogens with zero attached hydrogens (tertiary/aromatic N) is 2. The van der Waals surface area contributed by atoms with Crippen molar-refractivity contribution in [2.45, 2.75) is 61.8 Å². The number of morpholine rings is 1. The number of likely N-dealkylation sites (tertiary alicyclic amines) is 1. The second kappa shape index (κ2) is 11.7. The van der Waals surface area contributed by atoms with Crippen LogP contribution in [0, 0.1) is 23.7 Å². The topological polar surface area (TPSA) is 100 Å². The molecule has 6 rings (SSSR count). The number of amides is 3. The first kappa shape index (κ1) is 28.7. The lowest BCUT2D eigenvalue weighted by Gasteiger charge is -2.38. The molecule has 4 heterocycles. The molecular formula is C31H42N4O5S. The van der Waals surface area contributed by atoms with E-state index >= 15 is 0 Å². The van der Waals surface area contributed by atoms with Crippen molar-refractivity contribution >= 4 is 35.2 Å². The normalized spacial score (nSPS) is 36.4. The maximum atomic E-state index is 14.2. The van der Waals surface area contributed by atoms with Crippen LogP contribution in [-0.4, -0.2) is 97.0 Å². The molecule has 2 N–H and O–H groups in total. The molecule has 0 unspecified atom stereocenters. The number of hydrogen-bond donors (Lipinski definition) is 2. The maximum Gasteiger partial charge on any atom is 0.246 e. The van der Waals surface area contributed by atoms with Crippen LogP contribution in [0.4, 0.5) is 5.69 Å². The fourth-order valence-electron chi connectivity index (χ4n) is 7.56. The number of carbonyl (C=O) groups excluding carboxylic acids is 3. The highest BCUT2D eigenvalue weighted by Gasteiger charge is 2.72. The van der Waals surface area contributed by atoms with Crippen LogP contribution in [0.2, 0.25) is 0 Å². The van der Waals surface area contributed by atoms with Gasteiger partial charge in [-0.1, -0.05) is 44.9 Å². The molecule has 2 bridgehead atoms. The SMILES string of the molecule is CSc1cccc(NC(=O)[C@@H]2[C@@H]3C=C[C@]4(O3)[C@@H]2C(=O)N(CCN2CCOCC2)[C@H]4C(=O)N[C@@H]2CCC[C@H](C)[C@H]2C)c1. The van der Waals surface area contributed by atoms with Gasteiger partial charge in [0, 0.05) is 42.8 Å². The molecule has 0 radical (unpaired) electrons. The molecule has 1 aromatic carbocycles. The van der Waals surface area contributed by atoms with Crippen LogP contribution in [0.15, 0.2) is 41.3 Å². The number of hydrogen-bond acceptors (Lipinski definition) is 7. The third kappa shape index (κ3) is 5.21. The Morgan fingerprint density at radius 1 is 1.12 bits per heavy atom. The van der Waals surface area contributed by atoms with Crippen LogP contribution in [0.25, 0.3) is 0 Å². The van der Waals surface area contributed by atoms with Crippen molar-refractivity contribution in [3.8, 4) is 0 Å². The Bertz CT molecular complexity index is 1200. The van der Waals surface area contributed by atoms with E-state index in [1.54, 1.807) is 16.7 Å². The number of thioether (sulfide) groups is 1. The summed E-state index contributed by atoms with van der Waals surface area (Å²) < 4.78 is 12.0. The Hall–Kier alpha value is -2.40. The molecule has 1 aliphatic carbocycles. The van der Waals surface area contributed by atoms with Crippen molar-refractivity contribution in [2.75, 3.05) is 51.0 Å². The average Bonchev–Trinajstić information content (AvgIpc) is 3.62. The van der Waals surface area contributed by atoms with Gasteiger partial charge in [-0.15, -0.1) is 11.8 Å². The zero-order chi connectivity index (χ0) is 28.7. The number of nitrogens with one attached hydrogen (secondary N) is 2. The molecule has 3 saturated heterocycles. The summed E-state index contributed by atoms with van der Waals surface area (Å²) in [6.07, 6.45) is 8.39. The van der Waals surface area contributed by atoms with Gasteiger partial charge in [0.25, 0.3) is 0 Å². The van der Waals surface area contributed by atoms with Gasteiger partial charge < -0.3 is 25.0 Å². The summed E-state index contributed by atoms with van der Waals surface area (Å²) >= 11 is 1.60. The quantitative estimate of drug-likeness (QED) is 0.359. The summed E-state index contributed by atoms with van der Waals surface area (Å²) in [4.78, 5) is 47.2. The standard InChI is InChI=1S/C31H42N4O5S/c1-19-6-4-9-23(20(19)2)33-29(37)27-31-11-10-24(40-31)25(28(36)32-21-7-5-8-22(18-21)41-3)26(31)30(38)35(27)13-12-34-14-16-39-17-15-34/h5,7-8,10-11,18-20,23-27H,4,6,9,12-17H2,1-3H3,(H,32,36)(H,33,37)/t19-,20+,23+,24-,25+,26-,27-,31-/m0/s1. The van der Waals surface area contributed by atoms with Gasteiger partial charge in [0.05, 0.1) is 31.2 Å². The summed E-state index contributed by atoms with van der Waals surface area (Å²) in [7, 11) is 0. The van der Waals surface area contributed by atoms with Gasteiger partial charge in [0.15, 0.2) is 0 Å². The fraction of sp³-hybridized carbons (Fsp3) is 0.645. The van der Waals surface area contributed by atoms with E-state index in [9.17, 15) is 14.4 Å². The molecule has 10 heteroatoms. The Labute approximate surface area is 246 Å². The minimum absolute atomic E-state index is 0.0586. The molecular weight excluding hydrogens is 540 g/mol. The summed E-state index contributed by atoms with van der Waals surface area (Å²) in [5.41, 5.74) is -0.462. The van der Waals surface area contributed by atoms with E-state index in [4.69, 9.17) is 9.47 Å². The number of ether oxygens (including phenoxy) is 2. The molecule has 4 fully saturated rings. The van der Waals surface area contributed by atoms with Crippen LogP contribution >= 0.6 is 11.8 Å². The molecule has 9 nitrogen and oxygen atoms in total. The van der Waals surface area contributed by atoms with E-state index in [2.05, 4.69) is 29.4 Å². The molecule has 1 saturated carbocycles. The van der Waals surface area contributed by atoms with Gasteiger partial charge in [-0.3, -0.25) is 19.3 Å². The van der Waals surface area contributed by atoms with Gasteiger partial charge in [-0.2, -0.15) is 0 Å². The summed E-state index contributed by atoms with van der Waals surface area (Å²) in [6, 6.07) is 6.92. The zero-order valence-electron chi connectivity index (χ0n) is 24.2. The van der Waals surface area contributed by atoms with E-state index in [1.807, 2.05) is 42.7 Å². The molecule has 222 valence electrons. The second-order valence-electron chi connectivity index (χ2n) is 12.3. The summed E-state index contributed by atoms with van der Waals surface area (Å²) in [6.45, 7) is 8.41. The smallest absolute Gasteiger partial charge is 0.246 e. The largest absolute Gasteiger partial charge is 0.379 e. The predicted octanol–water partition coefficient (Wildman–Crippen LogP) is 2.77.